The van der Waals surface area contributed by atoms with Crippen LogP contribution >= 0.6 is 11.6 Å². The van der Waals surface area contributed by atoms with Gasteiger partial charge in [-0.15, -0.1) is 0 Å². The van der Waals surface area contributed by atoms with Crippen molar-refractivity contribution in [2.24, 2.45) is 0 Å². The molecular formula is C19H21ClN2O2. The second-order valence-electron chi connectivity index (χ2n) is 5.96. The largest absolute Gasteiger partial charge is 0.380 e. The molecule has 1 aliphatic rings. The molecule has 1 unspecified atom stereocenters. The van der Waals surface area contributed by atoms with E-state index in [0.717, 1.165) is 36.4 Å². The van der Waals surface area contributed by atoms with Crippen LogP contribution in [0.15, 0.2) is 48.5 Å². The lowest BCUT2D eigenvalue weighted by atomic mass is 10.1. The Morgan fingerprint density at radius 1 is 1.25 bits per heavy atom. The van der Waals surface area contributed by atoms with Crippen molar-refractivity contribution in [2.45, 2.75) is 18.9 Å². The first kappa shape index (κ1) is 16.8. The summed E-state index contributed by atoms with van der Waals surface area (Å²) in [6.07, 6.45) is 1.62. The monoisotopic (exact) mass is 344 g/mol. The van der Waals surface area contributed by atoms with Gasteiger partial charge in [0.25, 0.3) is 0 Å². The quantitative estimate of drug-likeness (QED) is 0.898. The van der Waals surface area contributed by atoms with Gasteiger partial charge in [-0.05, 0) is 42.3 Å². The standard InChI is InChI=1S/C19H21ClN2O2/c1-24-17-10-11-22(13-17)16-8-6-15(7-9-16)21-19(23)12-14-4-2-3-5-18(14)20/h2-9,17H,10-13H2,1H3,(H,21,23). The van der Waals surface area contributed by atoms with Gasteiger partial charge in [0.2, 0.25) is 5.91 Å². The number of ether oxygens (including phenoxy) is 1. The maximum absolute atomic E-state index is 12.2. The minimum atomic E-state index is -0.0727. The van der Waals surface area contributed by atoms with Crippen molar-refractivity contribution in [3.05, 3.63) is 59.1 Å². The number of rotatable bonds is 5. The summed E-state index contributed by atoms with van der Waals surface area (Å²) >= 11 is 6.09. The third-order valence-electron chi connectivity index (χ3n) is 4.30. The Bertz CT molecular complexity index is 703. The molecular weight excluding hydrogens is 324 g/mol. The van der Waals surface area contributed by atoms with Gasteiger partial charge in [0.15, 0.2) is 0 Å². The second kappa shape index (κ2) is 7.69. The molecule has 1 heterocycles. The second-order valence-corrected chi connectivity index (χ2v) is 6.36. The van der Waals surface area contributed by atoms with Gasteiger partial charge in [-0.1, -0.05) is 29.8 Å². The van der Waals surface area contributed by atoms with Gasteiger partial charge in [-0.2, -0.15) is 0 Å². The lowest BCUT2D eigenvalue weighted by molar-refractivity contribution is -0.115. The number of benzene rings is 2. The van der Waals surface area contributed by atoms with Crippen LogP contribution in [0.2, 0.25) is 5.02 Å². The molecule has 0 aromatic heterocycles. The maximum atomic E-state index is 12.2. The van der Waals surface area contributed by atoms with E-state index < -0.39 is 0 Å². The number of carbonyl (C=O) groups excluding carboxylic acids is 1. The number of halogens is 1. The van der Waals surface area contributed by atoms with Gasteiger partial charge in [0.05, 0.1) is 12.5 Å². The van der Waals surface area contributed by atoms with Gasteiger partial charge in [-0.25, -0.2) is 0 Å². The third kappa shape index (κ3) is 4.08. The van der Waals surface area contributed by atoms with E-state index in [1.807, 2.05) is 42.5 Å². The predicted molar refractivity (Wildman–Crippen MR) is 97.9 cm³/mol. The van der Waals surface area contributed by atoms with E-state index in [1.54, 1.807) is 13.2 Å². The lowest BCUT2D eigenvalue weighted by Crippen LogP contribution is -2.22. The summed E-state index contributed by atoms with van der Waals surface area (Å²) in [6.45, 7) is 1.91. The van der Waals surface area contributed by atoms with Crippen molar-refractivity contribution >= 4 is 28.9 Å². The Hall–Kier alpha value is -2.04. The average Bonchev–Trinajstić information content (AvgIpc) is 3.07. The Morgan fingerprint density at radius 2 is 2.00 bits per heavy atom. The zero-order valence-electron chi connectivity index (χ0n) is 13.7. The van der Waals surface area contributed by atoms with Crippen LogP contribution in [0.4, 0.5) is 11.4 Å². The highest BCUT2D eigenvalue weighted by Gasteiger charge is 2.22. The van der Waals surface area contributed by atoms with Crippen molar-refractivity contribution in [1.29, 1.82) is 0 Å². The SMILES string of the molecule is COC1CCN(c2ccc(NC(=O)Cc3ccccc3Cl)cc2)C1. The Kier molecular flexibility index (Phi) is 5.38. The molecule has 1 aliphatic heterocycles. The van der Waals surface area contributed by atoms with Crippen molar-refractivity contribution in [1.82, 2.24) is 0 Å². The van der Waals surface area contributed by atoms with Gasteiger partial charge in [0.1, 0.15) is 0 Å². The van der Waals surface area contributed by atoms with E-state index >= 15 is 0 Å². The number of hydrogen-bond donors (Lipinski definition) is 1. The van der Waals surface area contributed by atoms with Crippen molar-refractivity contribution in [3.8, 4) is 0 Å². The Morgan fingerprint density at radius 3 is 2.67 bits per heavy atom. The Labute approximate surface area is 147 Å². The molecule has 126 valence electrons. The normalized spacial score (nSPS) is 17.1. The molecule has 0 radical (unpaired) electrons. The highest BCUT2D eigenvalue weighted by atomic mass is 35.5. The molecule has 24 heavy (non-hydrogen) atoms. The fourth-order valence-corrected chi connectivity index (χ4v) is 3.13. The lowest BCUT2D eigenvalue weighted by Gasteiger charge is -2.18. The van der Waals surface area contributed by atoms with Crippen LogP contribution in [-0.4, -0.2) is 32.2 Å². The van der Waals surface area contributed by atoms with Gasteiger partial charge in [0, 0.05) is 36.6 Å². The topological polar surface area (TPSA) is 41.6 Å². The van der Waals surface area contributed by atoms with Crippen LogP contribution in [0.3, 0.4) is 0 Å². The summed E-state index contributed by atoms with van der Waals surface area (Å²) in [5.74, 6) is -0.0727. The number of nitrogens with zero attached hydrogens (tertiary/aromatic N) is 1. The van der Waals surface area contributed by atoms with Gasteiger partial charge < -0.3 is 15.0 Å². The molecule has 4 nitrogen and oxygen atoms in total. The zero-order valence-corrected chi connectivity index (χ0v) is 14.4. The van der Waals surface area contributed by atoms with E-state index in [1.165, 1.54) is 0 Å². The molecule has 1 fully saturated rings. The number of amides is 1. The van der Waals surface area contributed by atoms with Crippen molar-refractivity contribution in [2.75, 3.05) is 30.4 Å². The van der Waals surface area contributed by atoms with E-state index in [2.05, 4.69) is 10.2 Å². The highest BCUT2D eigenvalue weighted by Crippen LogP contribution is 2.23. The molecule has 5 heteroatoms. The summed E-state index contributed by atoms with van der Waals surface area (Å²) in [5.41, 5.74) is 2.77. The maximum Gasteiger partial charge on any atom is 0.228 e. The van der Waals surface area contributed by atoms with E-state index in [-0.39, 0.29) is 12.3 Å². The fraction of sp³-hybridized carbons (Fsp3) is 0.316. The third-order valence-corrected chi connectivity index (χ3v) is 4.67. The molecule has 0 spiro atoms. The Balaban J connectivity index is 1.58. The minimum Gasteiger partial charge on any atom is -0.380 e. The first-order chi connectivity index (χ1) is 11.7. The average molecular weight is 345 g/mol. The smallest absolute Gasteiger partial charge is 0.228 e. The first-order valence-electron chi connectivity index (χ1n) is 8.07. The van der Waals surface area contributed by atoms with E-state index in [9.17, 15) is 4.79 Å². The van der Waals surface area contributed by atoms with E-state index in [0.29, 0.717) is 11.1 Å². The van der Waals surface area contributed by atoms with E-state index in [4.69, 9.17) is 16.3 Å². The number of methoxy groups -OCH3 is 1. The van der Waals surface area contributed by atoms with Gasteiger partial charge in [-0.3, -0.25) is 4.79 Å². The molecule has 0 saturated carbocycles. The zero-order chi connectivity index (χ0) is 16.9. The summed E-state index contributed by atoms with van der Waals surface area (Å²) < 4.78 is 5.40. The summed E-state index contributed by atoms with van der Waals surface area (Å²) in [6, 6.07) is 15.3. The molecule has 0 aliphatic carbocycles. The summed E-state index contributed by atoms with van der Waals surface area (Å²) in [7, 11) is 1.76. The molecule has 1 amide bonds. The van der Waals surface area contributed by atoms with Crippen LogP contribution in [0.5, 0.6) is 0 Å². The summed E-state index contributed by atoms with van der Waals surface area (Å²) in [5, 5.41) is 3.53. The van der Waals surface area contributed by atoms with Crippen molar-refractivity contribution < 1.29 is 9.53 Å². The van der Waals surface area contributed by atoms with Gasteiger partial charge >= 0.3 is 0 Å². The molecule has 0 bridgehead atoms. The molecule has 2 aromatic rings. The first-order valence-corrected chi connectivity index (χ1v) is 8.44. The number of anilines is 2. The molecule has 3 rings (SSSR count). The van der Waals surface area contributed by atoms with Crippen LogP contribution in [0, 0.1) is 0 Å². The summed E-state index contributed by atoms with van der Waals surface area (Å²) in [4.78, 5) is 14.5. The van der Waals surface area contributed by atoms with Crippen LogP contribution in [-0.2, 0) is 16.0 Å². The van der Waals surface area contributed by atoms with Crippen LogP contribution in [0.1, 0.15) is 12.0 Å². The number of nitrogens with one attached hydrogen (secondary N) is 1. The van der Waals surface area contributed by atoms with Crippen LogP contribution < -0.4 is 10.2 Å². The number of hydrogen-bond acceptors (Lipinski definition) is 3. The fourth-order valence-electron chi connectivity index (χ4n) is 2.93. The molecule has 2 aromatic carbocycles. The molecule has 1 saturated heterocycles. The number of carbonyl (C=O) groups is 1. The molecule has 1 N–H and O–H groups in total. The minimum absolute atomic E-state index is 0.0727. The predicted octanol–water partition coefficient (Wildman–Crippen LogP) is 3.75. The van der Waals surface area contributed by atoms with Crippen molar-refractivity contribution in [3.63, 3.8) is 0 Å². The highest BCUT2D eigenvalue weighted by molar-refractivity contribution is 6.31. The van der Waals surface area contributed by atoms with Crippen LogP contribution in [0.25, 0.3) is 0 Å². The molecule has 1 atom stereocenters.